The lowest BCUT2D eigenvalue weighted by Crippen LogP contribution is -2.20. The minimum absolute atomic E-state index is 0.0724. The Morgan fingerprint density at radius 1 is 1.12 bits per heavy atom. The van der Waals surface area contributed by atoms with Crippen molar-refractivity contribution in [3.05, 3.63) is 59.0 Å². The molecule has 0 saturated carbocycles. The van der Waals surface area contributed by atoms with Gasteiger partial charge in [0.25, 0.3) is 5.91 Å². The van der Waals surface area contributed by atoms with E-state index in [1.807, 2.05) is 6.07 Å². The summed E-state index contributed by atoms with van der Waals surface area (Å²) in [5, 5.41) is 12.3. The molecule has 0 spiro atoms. The minimum Gasteiger partial charge on any atom is -0.354 e. The van der Waals surface area contributed by atoms with Crippen molar-refractivity contribution in [2.45, 2.75) is 0 Å². The van der Waals surface area contributed by atoms with Gasteiger partial charge in [0.05, 0.1) is 17.1 Å². The van der Waals surface area contributed by atoms with E-state index in [1.54, 1.807) is 23.7 Å². The van der Waals surface area contributed by atoms with Gasteiger partial charge in [-0.25, -0.2) is 13.2 Å². The molecule has 7 heteroatoms. The van der Waals surface area contributed by atoms with E-state index in [0.29, 0.717) is 22.2 Å². The predicted molar refractivity (Wildman–Crippen MR) is 86.3 cm³/mol. The summed E-state index contributed by atoms with van der Waals surface area (Å²) in [7, 11) is 3.10. The topological polar surface area (TPSA) is 57.8 Å². The quantitative estimate of drug-likeness (QED) is 0.724. The molecule has 1 amide bonds. The molecule has 0 radical (unpaired) electrons. The Hall–Kier alpha value is -3.27. The van der Waals surface area contributed by atoms with Crippen LogP contribution in [0.3, 0.4) is 0 Å². The average molecular weight is 343 g/mol. The fraction of sp³-hybridized carbons (Fsp3) is 0.111. The van der Waals surface area contributed by atoms with E-state index < -0.39 is 17.5 Å². The highest BCUT2D eigenvalue weighted by Crippen LogP contribution is 2.33. The zero-order valence-electron chi connectivity index (χ0n) is 13.3. The molecular weight excluding hydrogens is 331 g/mol. The second-order valence-corrected chi connectivity index (χ2v) is 5.50. The molecule has 25 heavy (non-hydrogen) atoms. The smallest absolute Gasteiger partial charge is 0.267 e. The van der Waals surface area contributed by atoms with Crippen molar-refractivity contribution in [2.24, 2.45) is 7.05 Å². The van der Waals surface area contributed by atoms with Crippen molar-refractivity contribution in [3.8, 4) is 17.2 Å². The Morgan fingerprint density at radius 2 is 1.76 bits per heavy atom. The summed E-state index contributed by atoms with van der Waals surface area (Å²) in [6.45, 7) is 0. The summed E-state index contributed by atoms with van der Waals surface area (Å²) < 4.78 is 42.1. The van der Waals surface area contributed by atoms with E-state index in [2.05, 4.69) is 5.32 Å². The Kier molecular flexibility index (Phi) is 3.97. The van der Waals surface area contributed by atoms with Crippen molar-refractivity contribution in [2.75, 3.05) is 7.05 Å². The summed E-state index contributed by atoms with van der Waals surface area (Å²) in [5.41, 5.74) is 1.47. The third-order valence-electron chi connectivity index (χ3n) is 4.01. The van der Waals surface area contributed by atoms with Gasteiger partial charge in [-0.2, -0.15) is 5.26 Å². The molecule has 3 rings (SSSR count). The van der Waals surface area contributed by atoms with Gasteiger partial charge >= 0.3 is 0 Å². The van der Waals surface area contributed by atoms with Gasteiger partial charge in [-0.3, -0.25) is 4.79 Å². The number of amides is 1. The van der Waals surface area contributed by atoms with Crippen LogP contribution in [0.4, 0.5) is 13.2 Å². The van der Waals surface area contributed by atoms with Crippen LogP contribution in [0, 0.1) is 28.8 Å². The lowest BCUT2D eigenvalue weighted by Gasteiger charge is -2.10. The third kappa shape index (κ3) is 2.62. The van der Waals surface area contributed by atoms with Crippen molar-refractivity contribution < 1.29 is 18.0 Å². The van der Waals surface area contributed by atoms with Gasteiger partial charge in [-0.15, -0.1) is 0 Å². The average Bonchev–Trinajstić information content (AvgIpc) is 2.94. The van der Waals surface area contributed by atoms with E-state index in [-0.39, 0.29) is 17.0 Å². The summed E-state index contributed by atoms with van der Waals surface area (Å²) in [6.07, 6.45) is 0. The molecule has 3 aromatic rings. The van der Waals surface area contributed by atoms with Crippen LogP contribution in [0.5, 0.6) is 0 Å². The van der Waals surface area contributed by atoms with Crippen LogP contribution >= 0.6 is 0 Å². The molecule has 0 aliphatic heterocycles. The largest absolute Gasteiger partial charge is 0.354 e. The molecule has 0 aliphatic carbocycles. The first-order valence-electron chi connectivity index (χ1n) is 7.28. The number of hydrogen-bond donors (Lipinski definition) is 1. The molecule has 2 aromatic carbocycles. The number of fused-ring (bicyclic) bond motifs is 1. The number of benzene rings is 2. The summed E-state index contributed by atoms with van der Waals surface area (Å²) in [5.74, 6) is -4.56. The van der Waals surface area contributed by atoms with Gasteiger partial charge in [0.1, 0.15) is 5.69 Å². The number of halogens is 3. The lowest BCUT2D eigenvalue weighted by molar-refractivity contribution is 0.0955. The monoisotopic (exact) mass is 343 g/mol. The first kappa shape index (κ1) is 16.6. The molecule has 0 bridgehead atoms. The van der Waals surface area contributed by atoms with Gasteiger partial charge in [-0.1, -0.05) is 0 Å². The summed E-state index contributed by atoms with van der Waals surface area (Å²) >= 11 is 0. The first-order valence-corrected chi connectivity index (χ1v) is 7.28. The maximum atomic E-state index is 13.6. The molecule has 0 aliphatic rings. The van der Waals surface area contributed by atoms with Crippen molar-refractivity contribution >= 4 is 16.8 Å². The fourth-order valence-electron chi connectivity index (χ4n) is 2.85. The van der Waals surface area contributed by atoms with Crippen LogP contribution in [0.15, 0.2) is 30.3 Å². The van der Waals surface area contributed by atoms with Gasteiger partial charge in [0.2, 0.25) is 0 Å². The maximum absolute atomic E-state index is 13.6. The second-order valence-electron chi connectivity index (χ2n) is 5.50. The van der Waals surface area contributed by atoms with Crippen molar-refractivity contribution in [3.63, 3.8) is 0 Å². The zero-order chi connectivity index (χ0) is 18.3. The van der Waals surface area contributed by atoms with E-state index in [4.69, 9.17) is 0 Å². The first-order chi connectivity index (χ1) is 11.9. The molecule has 1 aromatic heterocycles. The van der Waals surface area contributed by atoms with E-state index >= 15 is 0 Å². The normalized spacial score (nSPS) is 10.7. The molecule has 1 heterocycles. The van der Waals surface area contributed by atoms with Crippen LogP contribution in [-0.4, -0.2) is 17.5 Å². The number of nitriles is 1. The van der Waals surface area contributed by atoms with Crippen LogP contribution in [0.25, 0.3) is 22.0 Å². The van der Waals surface area contributed by atoms with Crippen molar-refractivity contribution in [1.29, 1.82) is 5.26 Å². The highest BCUT2D eigenvalue weighted by Gasteiger charge is 2.19. The maximum Gasteiger partial charge on any atom is 0.267 e. The standard InChI is InChI=1S/C18H12F3N3O/c1-23-18(25)15-7-11-3-9(8-22)4-12(17(11)24(15)2)10-5-13(19)16(21)14(20)6-10/h3-7H,1-2H3,(H,23,25). The highest BCUT2D eigenvalue weighted by molar-refractivity contribution is 6.03. The SMILES string of the molecule is CNC(=O)c1cc2cc(C#N)cc(-c3cc(F)c(F)c(F)c3)c2n1C. The Labute approximate surface area is 141 Å². The lowest BCUT2D eigenvalue weighted by atomic mass is 10.00. The number of carbonyl (C=O) groups excluding carboxylic acids is 1. The number of aryl methyl sites for hydroxylation is 1. The van der Waals surface area contributed by atoms with Gasteiger partial charge in [-0.05, 0) is 35.9 Å². The van der Waals surface area contributed by atoms with Gasteiger partial charge in [0.15, 0.2) is 17.5 Å². The zero-order valence-corrected chi connectivity index (χ0v) is 13.3. The summed E-state index contributed by atoms with van der Waals surface area (Å²) in [4.78, 5) is 12.0. The van der Waals surface area contributed by atoms with Gasteiger partial charge < -0.3 is 9.88 Å². The molecule has 126 valence electrons. The Morgan fingerprint density at radius 3 is 2.32 bits per heavy atom. The highest BCUT2D eigenvalue weighted by atomic mass is 19.2. The third-order valence-corrected chi connectivity index (χ3v) is 4.01. The second kappa shape index (κ2) is 5.98. The summed E-state index contributed by atoms with van der Waals surface area (Å²) in [6, 6.07) is 8.29. The van der Waals surface area contributed by atoms with E-state index in [9.17, 15) is 23.2 Å². The minimum atomic E-state index is -1.56. The molecule has 0 saturated heterocycles. The number of hydrogen-bond acceptors (Lipinski definition) is 2. The van der Waals surface area contributed by atoms with Crippen LogP contribution in [-0.2, 0) is 7.05 Å². The number of rotatable bonds is 2. The van der Waals surface area contributed by atoms with Crippen LogP contribution < -0.4 is 5.32 Å². The Balaban J connectivity index is 2.40. The number of aromatic nitrogens is 1. The predicted octanol–water partition coefficient (Wildman–Crippen LogP) is 3.49. The fourth-order valence-corrected chi connectivity index (χ4v) is 2.85. The van der Waals surface area contributed by atoms with E-state index in [1.165, 1.54) is 13.1 Å². The molecule has 0 atom stereocenters. The van der Waals surface area contributed by atoms with E-state index in [0.717, 1.165) is 12.1 Å². The number of nitrogens with one attached hydrogen (secondary N) is 1. The molecule has 1 N–H and O–H groups in total. The molecule has 0 unspecified atom stereocenters. The Bertz CT molecular complexity index is 1040. The molecular formula is C18H12F3N3O. The van der Waals surface area contributed by atoms with Gasteiger partial charge in [0, 0.05) is 25.0 Å². The molecule has 4 nitrogen and oxygen atoms in total. The number of carbonyl (C=O) groups is 1. The molecule has 0 fully saturated rings. The van der Waals surface area contributed by atoms with Crippen molar-refractivity contribution in [1.82, 2.24) is 9.88 Å². The van der Waals surface area contributed by atoms with Crippen LogP contribution in [0.1, 0.15) is 16.1 Å². The van der Waals surface area contributed by atoms with Crippen LogP contribution in [0.2, 0.25) is 0 Å². The number of nitrogens with zero attached hydrogens (tertiary/aromatic N) is 2.